The van der Waals surface area contributed by atoms with E-state index < -0.39 is 0 Å². The van der Waals surface area contributed by atoms with Crippen LogP contribution in [0.1, 0.15) is 11.5 Å². The molecule has 0 saturated heterocycles. The van der Waals surface area contributed by atoms with E-state index in [2.05, 4.69) is 156 Å². The lowest BCUT2D eigenvalue weighted by Crippen LogP contribution is -2.15. The number of hydrogen-bond donors (Lipinski definition) is 0. The third kappa shape index (κ3) is 3.68. The second-order valence-electron chi connectivity index (χ2n) is 12.0. The van der Waals surface area contributed by atoms with Crippen molar-refractivity contribution in [1.29, 1.82) is 0 Å². The van der Waals surface area contributed by atoms with E-state index in [-0.39, 0.29) is 12.0 Å². The van der Waals surface area contributed by atoms with Gasteiger partial charge in [-0.3, -0.25) is 0 Å². The summed E-state index contributed by atoms with van der Waals surface area (Å²) >= 11 is 1.88. The number of hydrogen-bond acceptors (Lipinski definition) is 2. The second-order valence-corrected chi connectivity index (χ2v) is 13.1. The Morgan fingerprint density at radius 1 is 0.578 bits per heavy atom. The average Bonchev–Trinajstić information content (AvgIpc) is 3.78. The van der Waals surface area contributed by atoms with Crippen LogP contribution in [0.4, 0.5) is 0 Å². The molecule has 0 spiro atoms. The number of aromatic nitrogens is 1. The van der Waals surface area contributed by atoms with E-state index in [0.717, 1.165) is 17.0 Å². The molecule has 1 aliphatic carbocycles. The highest BCUT2D eigenvalue weighted by Crippen LogP contribution is 2.49. The van der Waals surface area contributed by atoms with Gasteiger partial charge in [0.15, 0.2) is 0 Å². The molecule has 2 aromatic heterocycles. The molecule has 2 nitrogen and oxygen atoms in total. The van der Waals surface area contributed by atoms with Gasteiger partial charge in [-0.25, -0.2) is 0 Å². The van der Waals surface area contributed by atoms with Gasteiger partial charge in [0.05, 0.1) is 11.0 Å². The fourth-order valence-corrected chi connectivity index (χ4v) is 8.68. The second kappa shape index (κ2) is 9.56. The molecule has 0 radical (unpaired) electrons. The minimum atomic E-state index is 0.0334. The highest BCUT2D eigenvalue weighted by molar-refractivity contribution is 7.26. The molecule has 0 fully saturated rings. The van der Waals surface area contributed by atoms with Crippen LogP contribution < -0.4 is 4.74 Å². The summed E-state index contributed by atoms with van der Waals surface area (Å²) in [6.07, 6.45) is 8.72. The molecule has 0 amide bonds. The van der Waals surface area contributed by atoms with Gasteiger partial charge in [-0.2, -0.15) is 0 Å². The maximum Gasteiger partial charge on any atom is 0.148 e. The fraction of sp³-hybridized carbons (Fsp3) is 0.0476. The van der Waals surface area contributed by atoms with Crippen LogP contribution >= 0.6 is 11.3 Å². The Labute approximate surface area is 264 Å². The molecular formula is C42H27NOS. The van der Waals surface area contributed by atoms with Crippen molar-refractivity contribution in [3.63, 3.8) is 0 Å². The van der Waals surface area contributed by atoms with Crippen LogP contribution in [0, 0.1) is 0 Å². The van der Waals surface area contributed by atoms with Crippen LogP contribution in [-0.2, 0) is 0 Å². The SMILES string of the molecule is C1=CC2Oc3c(ccc4c5cc(-c6ccccc6)ccc5n(-c5ccc(-c6cccc7c6sc6ccccc67)cc5)c34)C2C=C1. The Bertz CT molecular complexity index is 2510. The predicted octanol–water partition coefficient (Wildman–Crippen LogP) is 11.5. The summed E-state index contributed by atoms with van der Waals surface area (Å²) in [5.74, 6) is 1.24. The monoisotopic (exact) mass is 593 g/mol. The van der Waals surface area contributed by atoms with Crippen molar-refractivity contribution in [2.24, 2.45) is 0 Å². The molecule has 3 heteroatoms. The highest BCUT2D eigenvalue weighted by Gasteiger charge is 2.35. The van der Waals surface area contributed by atoms with Crippen LogP contribution in [0.3, 0.4) is 0 Å². The van der Waals surface area contributed by atoms with Gasteiger partial charge in [-0.15, -0.1) is 11.3 Å². The number of nitrogens with zero attached hydrogens (tertiary/aromatic N) is 1. The van der Waals surface area contributed by atoms with Crippen molar-refractivity contribution in [2.45, 2.75) is 12.0 Å². The standard InChI is InChI=1S/C42H27NOS/c1-2-9-26(10-3-1)28-19-24-37-36(25-28)33-22-23-34-31-11-4-6-15-38(31)44-41(34)40(33)43(37)29-20-17-27(18-21-29)30-13-8-14-35-32-12-5-7-16-39(32)45-42(30)35/h1-25,31,38H. The van der Waals surface area contributed by atoms with Gasteiger partial charge in [0, 0.05) is 48.1 Å². The van der Waals surface area contributed by atoms with E-state index in [1.54, 1.807) is 0 Å². The molecule has 2 aliphatic rings. The quantitative estimate of drug-likeness (QED) is 0.199. The summed E-state index contributed by atoms with van der Waals surface area (Å²) in [7, 11) is 0. The van der Waals surface area contributed by atoms with Crippen molar-refractivity contribution >= 4 is 53.3 Å². The topological polar surface area (TPSA) is 14.2 Å². The fourth-order valence-electron chi connectivity index (χ4n) is 7.44. The van der Waals surface area contributed by atoms with Gasteiger partial charge in [0.1, 0.15) is 11.9 Å². The number of benzene rings is 6. The summed E-state index contributed by atoms with van der Waals surface area (Å²) in [6, 6.07) is 46.6. The summed E-state index contributed by atoms with van der Waals surface area (Å²) in [5, 5.41) is 5.10. The lowest BCUT2D eigenvalue weighted by Gasteiger charge is -2.14. The largest absolute Gasteiger partial charge is 0.483 e. The number of allylic oxidation sites excluding steroid dienone is 2. The molecule has 8 aromatic rings. The first kappa shape index (κ1) is 25.0. The number of ether oxygens (including phenoxy) is 1. The van der Waals surface area contributed by atoms with Gasteiger partial charge in [0.2, 0.25) is 0 Å². The molecule has 2 unspecified atom stereocenters. The Kier molecular flexibility index (Phi) is 5.31. The summed E-state index contributed by atoms with van der Waals surface area (Å²) in [4.78, 5) is 0. The summed E-state index contributed by atoms with van der Waals surface area (Å²) in [6.45, 7) is 0. The van der Waals surface area contributed by atoms with Crippen molar-refractivity contribution in [2.75, 3.05) is 0 Å². The van der Waals surface area contributed by atoms with Crippen molar-refractivity contribution in [3.8, 4) is 33.7 Å². The van der Waals surface area contributed by atoms with E-state index in [1.807, 2.05) is 11.3 Å². The van der Waals surface area contributed by atoms with Gasteiger partial charge in [0.25, 0.3) is 0 Å². The van der Waals surface area contributed by atoms with Gasteiger partial charge >= 0.3 is 0 Å². The molecule has 0 saturated carbocycles. The van der Waals surface area contributed by atoms with Crippen LogP contribution in [0.25, 0.3) is 69.9 Å². The van der Waals surface area contributed by atoms with Crippen LogP contribution in [0.2, 0.25) is 0 Å². The van der Waals surface area contributed by atoms with Crippen molar-refractivity contribution < 1.29 is 4.74 Å². The zero-order chi connectivity index (χ0) is 29.5. The highest BCUT2D eigenvalue weighted by atomic mass is 32.1. The van der Waals surface area contributed by atoms with Crippen molar-refractivity contribution in [3.05, 3.63) is 157 Å². The van der Waals surface area contributed by atoms with E-state index in [0.29, 0.717) is 0 Å². The zero-order valence-electron chi connectivity index (χ0n) is 24.4. The van der Waals surface area contributed by atoms with E-state index in [4.69, 9.17) is 4.74 Å². The molecular weight excluding hydrogens is 567 g/mol. The maximum absolute atomic E-state index is 6.74. The molecule has 0 N–H and O–H groups in total. The zero-order valence-corrected chi connectivity index (χ0v) is 25.2. The third-order valence-electron chi connectivity index (χ3n) is 9.56. The average molecular weight is 594 g/mol. The molecule has 1 aliphatic heterocycles. The van der Waals surface area contributed by atoms with Gasteiger partial charge in [-0.1, -0.05) is 115 Å². The lowest BCUT2D eigenvalue weighted by molar-refractivity contribution is 0.271. The Hall–Kier alpha value is -5.38. The smallest absolute Gasteiger partial charge is 0.148 e. The number of thiophene rings is 1. The summed E-state index contributed by atoms with van der Waals surface area (Å²) < 4.78 is 11.8. The number of fused-ring (bicyclic) bond motifs is 10. The van der Waals surface area contributed by atoms with Crippen LogP contribution in [0.15, 0.2) is 152 Å². The third-order valence-corrected chi connectivity index (χ3v) is 10.8. The Balaban J connectivity index is 1.18. The molecule has 0 bridgehead atoms. The molecule has 3 heterocycles. The van der Waals surface area contributed by atoms with Crippen LogP contribution in [0.5, 0.6) is 5.75 Å². The Morgan fingerprint density at radius 2 is 1.38 bits per heavy atom. The van der Waals surface area contributed by atoms with Gasteiger partial charge in [-0.05, 0) is 58.7 Å². The van der Waals surface area contributed by atoms with E-state index in [1.165, 1.54) is 64.3 Å². The molecule has 45 heavy (non-hydrogen) atoms. The minimum absolute atomic E-state index is 0.0334. The molecule has 2 atom stereocenters. The predicted molar refractivity (Wildman–Crippen MR) is 190 cm³/mol. The first-order valence-electron chi connectivity index (χ1n) is 15.5. The Morgan fingerprint density at radius 3 is 2.29 bits per heavy atom. The van der Waals surface area contributed by atoms with E-state index >= 15 is 0 Å². The summed E-state index contributed by atoms with van der Waals surface area (Å²) in [5.41, 5.74) is 9.66. The number of rotatable bonds is 3. The molecule has 10 rings (SSSR count). The normalized spacial score (nSPS) is 16.9. The first-order chi connectivity index (χ1) is 22.3. The lowest BCUT2D eigenvalue weighted by atomic mass is 9.91. The van der Waals surface area contributed by atoms with Crippen molar-refractivity contribution in [1.82, 2.24) is 4.57 Å². The van der Waals surface area contributed by atoms with Crippen LogP contribution in [-0.4, -0.2) is 10.7 Å². The first-order valence-corrected chi connectivity index (χ1v) is 16.3. The van der Waals surface area contributed by atoms with Gasteiger partial charge < -0.3 is 9.30 Å². The molecule has 6 aromatic carbocycles. The molecule has 212 valence electrons. The van der Waals surface area contributed by atoms with E-state index in [9.17, 15) is 0 Å². The minimum Gasteiger partial charge on any atom is -0.483 e. The maximum atomic E-state index is 6.74.